The highest BCUT2D eigenvalue weighted by molar-refractivity contribution is 6.20. The van der Waals surface area contributed by atoms with Gasteiger partial charge in [-0.25, -0.2) is 0 Å². The Morgan fingerprint density at radius 1 is 1.22 bits per heavy atom. The third-order valence-electron chi connectivity index (χ3n) is 3.12. The molecule has 1 aromatic rings. The van der Waals surface area contributed by atoms with E-state index in [1.165, 1.54) is 22.3 Å². The smallest absolute Gasteiger partial charge is 0.0626 e. The predicted octanol–water partition coefficient (Wildman–Crippen LogP) is 3.35. The minimum Gasteiger partial charge on any atom is -0.383 e. The van der Waals surface area contributed by atoms with Crippen molar-refractivity contribution in [3.05, 3.63) is 34.4 Å². The van der Waals surface area contributed by atoms with Crippen LogP contribution in [0.1, 0.15) is 28.7 Å². The molecule has 0 bridgehead atoms. The average Bonchev–Trinajstić information content (AvgIpc) is 2.27. The zero-order chi connectivity index (χ0) is 13.5. The van der Waals surface area contributed by atoms with Crippen LogP contribution in [0, 0.1) is 20.8 Å². The van der Waals surface area contributed by atoms with Gasteiger partial charge in [-0.3, -0.25) is 0 Å². The zero-order valence-electron chi connectivity index (χ0n) is 11.8. The SMILES string of the molecule is COCC(Cl)CCNCc1c(C)cc(C)cc1C. The molecular formula is C15H24ClNO. The summed E-state index contributed by atoms with van der Waals surface area (Å²) < 4.78 is 5.01. The monoisotopic (exact) mass is 269 g/mol. The van der Waals surface area contributed by atoms with E-state index in [2.05, 4.69) is 38.2 Å². The summed E-state index contributed by atoms with van der Waals surface area (Å²) in [5, 5.41) is 3.55. The molecule has 0 radical (unpaired) electrons. The van der Waals surface area contributed by atoms with E-state index in [4.69, 9.17) is 16.3 Å². The van der Waals surface area contributed by atoms with Gasteiger partial charge in [0.05, 0.1) is 12.0 Å². The second kappa shape index (κ2) is 7.78. The van der Waals surface area contributed by atoms with Gasteiger partial charge in [0.2, 0.25) is 0 Å². The zero-order valence-corrected chi connectivity index (χ0v) is 12.6. The van der Waals surface area contributed by atoms with Gasteiger partial charge in [-0.1, -0.05) is 17.7 Å². The topological polar surface area (TPSA) is 21.3 Å². The van der Waals surface area contributed by atoms with Crippen LogP contribution in [-0.4, -0.2) is 25.6 Å². The van der Waals surface area contributed by atoms with Crippen LogP contribution in [-0.2, 0) is 11.3 Å². The Kier molecular flexibility index (Phi) is 6.69. The van der Waals surface area contributed by atoms with Gasteiger partial charge >= 0.3 is 0 Å². The molecule has 0 spiro atoms. The number of hydrogen-bond acceptors (Lipinski definition) is 2. The third kappa shape index (κ3) is 4.97. The maximum absolute atomic E-state index is 6.08. The molecule has 0 fully saturated rings. The van der Waals surface area contributed by atoms with Gasteiger partial charge in [0, 0.05) is 13.7 Å². The van der Waals surface area contributed by atoms with Gasteiger partial charge in [-0.15, -0.1) is 11.6 Å². The van der Waals surface area contributed by atoms with Crippen LogP contribution in [0.4, 0.5) is 0 Å². The highest BCUT2D eigenvalue weighted by Crippen LogP contribution is 2.16. The van der Waals surface area contributed by atoms with Crippen LogP contribution in [0.25, 0.3) is 0 Å². The van der Waals surface area contributed by atoms with Crippen LogP contribution in [0.3, 0.4) is 0 Å². The summed E-state index contributed by atoms with van der Waals surface area (Å²) >= 11 is 6.08. The van der Waals surface area contributed by atoms with E-state index in [0.717, 1.165) is 19.5 Å². The average molecular weight is 270 g/mol. The molecule has 2 nitrogen and oxygen atoms in total. The summed E-state index contributed by atoms with van der Waals surface area (Å²) in [7, 11) is 1.68. The normalized spacial score (nSPS) is 12.7. The van der Waals surface area contributed by atoms with Crippen molar-refractivity contribution in [1.29, 1.82) is 0 Å². The molecule has 1 atom stereocenters. The van der Waals surface area contributed by atoms with E-state index in [1.54, 1.807) is 7.11 Å². The molecule has 0 aliphatic rings. The van der Waals surface area contributed by atoms with Crippen LogP contribution in [0.15, 0.2) is 12.1 Å². The quantitative estimate of drug-likeness (QED) is 0.606. The van der Waals surface area contributed by atoms with Gasteiger partial charge in [0.1, 0.15) is 0 Å². The van der Waals surface area contributed by atoms with E-state index in [-0.39, 0.29) is 5.38 Å². The molecule has 0 amide bonds. The molecule has 0 heterocycles. The lowest BCUT2D eigenvalue weighted by atomic mass is 10.00. The van der Waals surface area contributed by atoms with E-state index >= 15 is 0 Å². The first-order valence-corrected chi connectivity index (χ1v) is 6.88. The Hall–Kier alpha value is -0.570. The first-order valence-electron chi connectivity index (χ1n) is 6.45. The highest BCUT2D eigenvalue weighted by Gasteiger charge is 2.05. The third-order valence-corrected chi connectivity index (χ3v) is 3.47. The van der Waals surface area contributed by atoms with Crippen molar-refractivity contribution >= 4 is 11.6 Å². The number of methoxy groups -OCH3 is 1. The predicted molar refractivity (Wildman–Crippen MR) is 78.5 cm³/mol. The van der Waals surface area contributed by atoms with Gasteiger partial charge in [0.25, 0.3) is 0 Å². The van der Waals surface area contributed by atoms with Crippen LogP contribution < -0.4 is 5.32 Å². The Morgan fingerprint density at radius 3 is 2.39 bits per heavy atom. The van der Waals surface area contributed by atoms with Crippen molar-refractivity contribution in [1.82, 2.24) is 5.32 Å². The molecular weight excluding hydrogens is 246 g/mol. The van der Waals surface area contributed by atoms with Crippen LogP contribution in [0.2, 0.25) is 0 Å². The molecule has 102 valence electrons. The summed E-state index contributed by atoms with van der Waals surface area (Å²) in [6.07, 6.45) is 0.930. The molecule has 0 aliphatic heterocycles. The van der Waals surface area contributed by atoms with Crippen molar-refractivity contribution in [2.24, 2.45) is 0 Å². The molecule has 3 heteroatoms. The lowest BCUT2D eigenvalue weighted by Crippen LogP contribution is -2.21. The van der Waals surface area contributed by atoms with Crippen molar-refractivity contribution in [2.45, 2.75) is 39.1 Å². The van der Waals surface area contributed by atoms with E-state index < -0.39 is 0 Å². The molecule has 0 aliphatic carbocycles. The fraction of sp³-hybridized carbons (Fsp3) is 0.600. The fourth-order valence-electron chi connectivity index (χ4n) is 2.22. The number of rotatable bonds is 7. The number of alkyl halides is 1. The van der Waals surface area contributed by atoms with Crippen molar-refractivity contribution in [3.63, 3.8) is 0 Å². The Morgan fingerprint density at radius 2 is 1.83 bits per heavy atom. The Bertz CT molecular complexity index is 356. The second-order valence-electron chi connectivity index (χ2n) is 4.90. The first-order chi connectivity index (χ1) is 8.54. The summed E-state index contributed by atoms with van der Waals surface area (Å²) in [5.74, 6) is 0. The lowest BCUT2D eigenvalue weighted by Gasteiger charge is -2.13. The van der Waals surface area contributed by atoms with Crippen molar-refractivity contribution < 1.29 is 4.74 Å². The van der Waals surface area contributed by atoms with Crippen LogP contribution >= 0.6 is 11.6 Å². The van der Waals surface area contributed by atoms with Crippen LogP contribution in [0.5, 0.6) is 0 Å². The molecule has 18 heavy (non-hydrogen) atoms. The van der Waals surface area contributed by atoms with E-state index in [0.29, 0.717) is 6.61 Å². The second-order valence-corrected chi connectivity index (χ2v) is 5.51. The largest absolute Gasteiger partial charge is 0.383 e. The van der Waals surface area contributed by atoms with Gasteiger partial charge in [0.15, 0.2) is 0 Å². The molecule has 0 saturated carbocycles. The van der Waals surface area contributed by atoms with E-state index in [9.17, 15) is 0 Å². The van der Waals surface area contributed by atoms with Gasteiger partial charge in [-0.05, 0) is 50.4 Å². The lowest BCUT2D eigenvalue weighted by molar-refractivity contribution is 0.195. The summed E-state index contributed by atoms with van der Waals surface area (Å²) in [4.78, 5) is 0. The van der Waals surface area contributed by atoms with Crippen molar-refractivity contribution in [2.75, 3.05) is 20.3 Å². The molecule has 1 unspecified atom stereocenters. The number of benzene rings is 1. The number of hydrogen-bond donors (Lipinski definition) is 1. The molecule has 1 N–H and O–H groups in total. The minimum absolute atomic E-state index is 0.0997. The van der Waals surface area contributed by atoms with Crippen molar-refractivity contribution in [3.8, 4) is 0 Å². The number of aryl methyl sites for hydroxylation is 3. The highest BCUT2D eigenvalue weighted by atomic mass is 35.5. The minimum atomic E-state index is 0.0997. The number of nitrogens with one attached hydrogen (secondary N) is 1. The van der Waals surface area contributed by atoms with E-state index in [1.807, 2.05) is 0 Å². The molecule has 0 saturated heterocycles. The number of halogens is 1. The summed E-state index contributed by atoms with van der Waals surface area (Å²) in [6.45, 7) is 8.93. The number of ether oxygens (including phenoxy) is 1. The fourth-order valence-corrected chi connectivity index (χ4v) is 2.46. The molecule has 1 aromatic carbocycles. The van der Waals surface area contributed by atoms with Gasteiger partial charge in [-0.2, -0.15) is 0 Å². The molecule has 1 rings (SSSR count). The molecule has 0 aromatic heterocycles. The van der Waals surface area contributed by atoms with Gasteiger partial charge < -0.3 is 10.1 Å². The standard InChI is InChI=1S/C15H24ClNO/c1-11-7-12(2)15(13(3)8-11)9-17-6-5-14(16)10-18-4/h7-8,14,17H,5-6,9-10H2,1-4H3. The maximum atomic E-state index is 6.08. The maximum Gasteiger partial charge on any atom is 0.0626 e. The first kappa shape index (κ1) is 15.5. The summed E-state index contributed by atoms with van der Waals surface area (Å²) in [6, 6.07) is 4.47. The summed E-state index contributed by atoms with van der Waals surface area (Å²) in [5.41, 5.74) is 5.45. The Labute approximate surface area is 116 Å². The Balaban J connectivity index is 2.40.